The van der Waals surface area contributed by atoms with Crippen molar-refractivity contribution in [1.29, 1.82) is 0 Å². The number of aromatic amines is 1. The van der Waals surface area contributed by atoms with E-state index in [4.69, 9.17) is 0 Å². The van der Waals surface area contributed by atoms with Gasteiger partial charge in [-0.3, -0.25) is 4.79 Å². The van der Waals surface area contributed by atoms with E-state index in [9.17, 15) is 13.2 Å². The number of sulfonamides is 1. The molecule has 0 radical (unpaired) electrons. The fraction of sp³-hybridized carbons (Fsp3) is 0.300. The third-order valence-electron chi connectivity index (χ3n) is 2.31. The number of thiophene rings is 1. The van der Waals surface area contributed by atoms with Crippen LogP contribution in [0.5, 0.6) is 0 Å². The highest BCUT2D eigenvalue weighted by molar-refractivity contribution is 7.91. The number of aryl methyl sites for hydroxylation is 1. The van der Waals surface area contributed by atoms with Gasteiger partial charge in [0.2, 0.25) is 0 Å². The summed E-state index contributed by atoms with van der Waals surface area (Å²) in [4.78, 5) is 13.2. The van der Waals surface area contributed by atoms with Gasteiger partial charge in [-0.1, -0.05) is 11.3 Å². The monoisotopic (exact) mass is 304 g/mol. The van der Waals surface area contributed by atoms with Gasteiger partial charge in [-0.2, -0.15) is 11.3 Å². The normalized spacial score (nSPS) is 11.8. The molecule has 8 heteroatoms. The lowest BCUT2D eigenvalue weighted by molar-refractivity contribution is 0.583. The summed E-state index contributed by atoms with van der Waals surface area (Å²) in [6, 6.07) is 1.96. The Labute approximate surface area is 113 Å². The van der Waals surface area contributed by atoms with E-state index in [0.29, 0.717) is 30.0 Å². The summed E-state index contributed by atoms with van der Waals surface area (Å²) in [6.07, 6.45) is 0.640. The lowest BCUT2D eigenvalue weighted by atomic mass is 10.2. The topological polar surface area (TPSA) is 79.0 Å². The first-order chi connectivity index (χ1) is 8.49. The third kappa shape index (κ3) is 3.08. The van der Waals surface area contributed by atoms with E-state index in [1.807, 2.05) is 16.8 Å². The van der Waals surface area contributed by atoms with Gasteiger partial charge in [0.15, 0.2) is 4.21 Å². The average molecular weight is 304 g/mol. The van der Waals surface area contributed by atoms with Crippen LogP contribution in [0.25, 0.3) is 0 Å². The number of hydrogen-bond donors (Lipinski definition) is 2. The Morgan fingerprint density at radius 2 is 2.22 bits per heavy atom. The number of rotatable bonds is 5. The van der Waals surface area contributed by atoms with Crippen molar-refractivity contribution < 1.29 is 8.42 Å². The third-order valence-corrected chi connectivity index (χ3v) is 6.11. The average Bonchev–Trinajstić information content (AvgIpc) is 2.88. The number of thiazole rings is 1. The lowest BCUT2D eigenvalue weighted by Gasteiger charge is -2.04. The van der Waals surface area contributed by atoms with Crippen molar-refractivity contribution in [2.75, 3.05) is 6.54 Å². The molecule has 0 amide bonds. The molecule has 0 unspecified atom stereocenters. The molecular formula is C10H12N2O3S3. The molecule has 0 aliphatic rings. The molecule has 0 spiro atoms. The van der Waals surface area contributed by atoms with Gasteiger partial charge in [0, 0.05) is 12.2 Å². The summed E-state index contributed by atoms with van der Waals surface area (Å²) >= 11 is 2.29. The Bertz CT molecular complexity index is 668. The molecule has 0 saturated heterocycles. The molecule has 2 rings (SSSR count). The molecule has 0 aliphatic heterocycles. The van der Waals surface area contributed by atoms with Crippen molar-refractivity contribution in [3.8, 4) is 0 Å². The summed E-state index contributed by atoms with van der Waals surface area (Å²) in [7, 11) is -3.58. The highest BCUT2D eigenvalue weighted by Gasteiger charge is 2.19. The minimum absolute atomic E-state index is 0.0674. The predicted octanol–water partition coefficient (Wildman–Crippen LogP) is 1.33. The standard InChI is InChI=1S/C10H12N2O3S3/c1-7-9(17-10(13)12-7)18(14,15)11-4-2-8-3-5-16-6-8/h3,5-6,11H,2,4H2,1H3,(H,12,13). The maximum atomic E-state index is 11.9. The van der Waals surface area contributed by atoms with Crippen LogP contribution in [0.1, 0.15) is 11.3 Å². The van der Waals surface area contributed by atoms with Crippen LogP contribution in [-0.4, -0.2) is 19.9 Å². The maximum Gasteiger partial charge on any atom is 0.305 e. The Morgan fingerprint density at radius 3 is 2.78 bits per heavy atom. The zero-order valence-corrected chi connectivity index (χ0v) is 12.0. The predicted molar refractivity (Wildman–Crippen MR) is 72.9 cm³/mol. The van der Waals surface area contributed by atoms with Crippen molar-refractivity contribution in [2.45, 2.75) is 17.6 Å². The molecule has 0 bridgehead atoms. The largest absolute Gasteiger partial charge is 0.315 e. The number of aromatic nitrogens is 1. The summed E-state index contributed by atoms with van der Waals surface area (Å²) in [5, 5.41) is 3.93. The van der Waals surface area contributed by atoms with Crippen LogP contribution in [0.2, 0.25) is 0 Å². The molecule has 18 heavy (non-hydrogen) atoms. The Hall–Kier alpha value is -0.960. The van der Waals surface area contributed by atoms with Crippen LogP contribution in [0.4, 0.5) is 0 Å². The van der Waals surface area contributed by atoms with E-state index < -0.39 is 10.0 Å². The van der Waals surface area contributed by atoms with Crippen LogP contribution in [0.3, 0.4) is 0 Å². The fourth-order valence-corrected chi connectivity index (χ4v) is 4.56. The SMILES string of the molecule is Cc1[nH]c(=O)sc1S(=O)(=O)NCCc1ccsc1. The first-order valence-electron chi connectivity index (χ1n) is 5.19. The van der Waals surface area contributed by atoms with Gasteiger partial charge in [-0.15, -0.1) is 0 Å². The second-order valence-electron chi connectivity index (χ2n) is 3.71. The smallest absolute Gasteiger partial charge is 0.305 e. The highest BCUT2D eigenvalue weighted by atomic mass is 32.2. The quantitative estimate of drug-likeness (QED) is 0.874. The van der Waals surface area contributed by atoms with Gasteiger partial charge < -0.3 is 4.98 Å². The van der Waals surface area contributed by atoms with Gasteiger partial charge in [-0.05, 0) is 35.7 Å². The van der Waals surface area contributed by atoms with E-state index in [0.717, 1.165) is 5.56 Å². The van der Waals surface area contributed by atoms with Crippen LogP contribution in [0, 0.1) is 6.92 Å². The van der Waals surface area contributed by atoms with Crippen LogP contribution in [-0.2, 0) is 16.4 Å². The molecule has 0 atom stereocenters. The van der Waals surface area contributed by atoms with Gasteiger partial charge in [-0.25, -0.2) is 13.1 Å². The highest BCUT2D eigenvalue weighted by Crippen LogP contribution is 2.15. The molecule has 0 aromatic carbocycles. The molecule has 0 saturated carbocycles. The molecule has 0 fully saturated rings. The van der Waals surface area contributed by atoms with Crippen LogP contribution in [0.15, 0.2) is 25.8 Å². The zero-order chi connectivity index (χ0) is 13.2. The van der Waals surface area contributed by atoms with E-state index in [2.05, 4.69) is 9.71 Å². The summed E-state index contributed by atoms with van der Waals surface area (Å²) < 4.78 is 26.4. The number of H-pyrrole nitrogens is 1. The van der Waals surface area contributed by atoms with E-state index in [1.165, 1.54) is 0 Å². The van der Waals surface area contributed by atoms with Crippen molar-refractivity contribution >= 4 is 32.7 Å². The maximum absolute atomic E-state index is 11.9. The van der Waals surface area contributed by atoms with Gasteiger partial charge in [0.1, 0.15) is 0 Å². The first kappa shape index (κ1) is 13.5. The fourth-order valence-electron chi connectivity index (χ4n) is 1.48. The summed E-state index contributed by atoms with van der Waals surface area (Å²) in [5.74, 6) is 0. The molecule has 2 N–H and O–H groups in total. The molecule has 2 aromatic heterocycles. The van der Waals surface area contributed by atoms with E-state index in [-0.39, 0.29) is 9.08 Å². The van der Waals surface area contributed by atoms with E-state index in [1.54, 1.807) is 18.3 Å². The number of nitrogens with one attached hydrogen (secondary N) is 2. The Morgan fingerprint density at radius 1 is 1.44 bits per heavy atom. The van der Waals surface area contributed by atoms with Crippen LogP contribution >= 0.6 is 22.7 Å². The molecule has 2 heterocycles. The summed E-state index contributed by atoms with van der Waals surface area (Å²) in [5.41, 5.74) is 1.48. The van der Waals surface area contributed by atoms with Crippen molar-refractivity contribution in [3.05, 3.63) is 37.8 Å². The minimum atomic E-state index is -3.58. The second kappa shape index (κ2) is 5.35. The molecule has 2 aromatic rings. The van der Waals surface area contributed by atoms with Crippen molar-refractivity contribution in [3.63, 3.8) is 0 Å². The molecule has 0 aliphatic carbocycles. The van der Waals surface area contributed by atoms with Gasteiger partial charge in [0.05, 0.1) is 0 Å². The van der Waals surface area contributed by atoms with Crippen LogP contribution < -0.4 is 9.60 Å². The van der Waals surface area contributed by atoms with E-state index >= 15 is 0 Å². The first-order valence-corrected chi connectivity index (χ1v) is 8.44. The van der Waals surface area contributed by atoms with Crippen molar-refractivity contribution in [2.24, 2.45) is 0 Å². The zero-order valence-electron chi connectivity index (χ0n) is 9.60. The van der Waals surface area contributed by atoms with Crippen molar-refractivity contribution in [1.82, 2.24) is 9.71 Å². The van der Waals surface area contributed by atoms with Gasteiger partial charge in [0.25, 0.3) is 10.0 Å². The molecule has 98 valence electrons. The lowest BCUT2D eigenvalue weighted by Crippen LogP contribution is -2.25. The molecule has 5 nitrogen and oxygen atoms in total. The molecular weight excluding hydrogens is 292 g/mol. The van der Waals surface area contributed by atoms with Gasteiger partial charge >= 0.3 is 4.87 Å². The second-order valence-corrected chi connectivity index (χ2v) is 7.43. The Kier molecular flexibility index (Phi) is 4.00. The Balaban J connectivity index is 2.04. The minimum Gasteiger partial charge on any atom is -0.315 e. The summed E-state index contributed by atoms with van der Waals surface area (Å²) in [6.45, 7) is 1.90. The number of hydrogen-bond acceptors (Lipinski definition) is 5.